The number of nitrogens with zero attached hydrogens (tertiary/aromatic N) is 2. The van der Waals surface area contributed by atoms with Crippen LogP contribution in [0.4, 0.5) is 4.79 Å². The molecule has 4 heteroatoms. The molecule has 0 aliphatic heterocycles. The van der Waals surface area contributed by atoms with Gasteiger partial charge in [-0.3, -0.25) is 9.69 Å². The van der Waals surface area contributed by atoms with Gasteiger partial charge in [0.15, 0.2) is 0 Å². The van der Waals surface area contributed by atoms with Gasteiger partial charge in [0.1, 0.15) is 0 Å². The molecule has 75 valence electrons. The maximum atomic E-state index is 11.5. The Kier molecular flexibility index (Phi) is 5.93. The molecule has 0 saturated heterocycles. The van der Waals surface area contributed by atoms with Gasteiger partial charge in [-0.05, 0) is 20.3 Å². The average Bonchev–Trinajstić information content (AvgIpc) is 2.15. The summed E-state index contributed by atoms with van der Waals surface area (Å²) in [7, 11) is 0. The van der Waals surface area contributed by atoms with Gasteiger partial charge in [0.05, 0.1) is 0 Å². The zero-order valence-electron chi connectivity index (χ0n) is 8.54. The van der Waals surface area contributed by atoms with Gasteiger partial charge < -0.3 is 4.90 Å². The van der Waals surface area contributed by atoms with E-state index in [9.17, 15) is 9.59 Å². The van der Waals surface area contributed by atoms with E-state index in [1.54, 1.807) is 11.3 Å². The van der Waals surface area contributed by atoms with E-state index in [-0.39, 0.29) is 6.03 Å². The number of rotatable bonds is 5. The van der Waals surface area contributed by atoms with Crippen LogP contribution in [-0.4, -0.2) is 41.9 Å². The van der Waals surface area contributed by atoms with Gasteiger partial charge in [0.25, 0.3) is 0 Å². The SMILES string of the molecule is CCCN([C]=O)C(=O)N(CC)CC. The van der Waals surface area contributed by atoms with Gasteiger partial charge in [0.2, 0.25) is 0 Å². The molecule has 0 N–H and O–H groups in total. The number of urea groups is 1. The number of carbonyl (C=O) groups excluding carboxylic acids is 2. The van der Waals surface area contributed by atoms with Crippen molar-refractivity contribution >= 4 is 12.4 Å². The quantitative estimate of drug-likeness (QED) is 0.604. The molecule has 0 heterocycles. The second kappa shape index (κ2) is 6.46. The van der Waals surface area contributed by atoms with Crippen LogP contribution in [0.15, 0.2) is 0 Å². The maximum Gasteiger partial charge on any atom is 0.327 e. The molecular formula is C9H17N2O2. The Morgan fingerprint density at radius 1 is 1.23 bits per heavy atom. The summed E-state index contributed by atoms with van der Waals surface area (Å²) in [5.41, 5.74) is 0. The van der Waals surface area contributed by atoms with Crippen LogP contribution < -0.4 is 0 Å². The molecule has 0 atom stereocenters. The fourth-order valence-corrected chi connectivity index (χ4v) is 1.07. The van der Waals surface area contributed by atoms with Crippen LogP contribution in [-0.2, 0) is 4.79 Å². The van der Waals surface area contributed by atoms with Crippen molar-refractivity contribution in [3.8, 4) is 0 Å². The third-order valence-electron chi connectivity index (χ3n) is 1.82. The van der Waals surface area contributed by atoms with E-state index < -0.39 is 0 Å². The molecule has 0 unspecified atom stereocenters. The van der Waals surface area contributed by atoms with Gasteiger partial charge in [0, 0.05) is 19.6 Å². The Balaban J connectivity index is 4.24. The molecule has 0 bridgehead atoms. The molecule has 4 nitrogen and oxygen atoms in total. The van der Waals surface area contributed by atoms with E-state index in [1.807, 2.05) is 20.8 Å². The predicted octanol–water partition coefficient (Wildman–Crippen LogP) is 1.23. The maximum absolute atomic E-state index is 11.5. The summed E-state index contributed by atoms with van der Waals surface area (Å²) >= 11 is 0. The van der Waals surface area contributed by atoms with Crippen LogP contribution in [0.25, 0.3) is 0 Å². The minimum atomic E-state index is -0.248. The molecule has 0 aromatic rings. The van der Waals surface area contributed by atoms with Gasteiger partial charge in [-0.15, -0.1) is 0 Å². The van der Waals surface area contributed by atoms with Crippen molar-refractivity contribution in [2.75, 3.05) is 19.6 Å². The smallest absolute Gasteiger partial charge is 0.325 e. The first kappa shape index (κ1) is 11.9. The minimum absolute atomic E-state index is 0.248. The standard InChI is InChI=1S/C9H17N2O2/c1-4-7-11(8-12)9(13)10(5-2)6-3/h4-7H2,1-3H3. The Morgan fingerprint density at radius 3 is 2.08 bits per heavy atom. The summed E-state index contributed by atoms with van der Waals surface area (Å²) in [4.78, 5) is 24.6. The lowest BCUT2D eigenvalue weighted by Crippen LogP contribution is -2.42. The molecular weight excluding hydrogens is 168 g/mol. The van der Waals surface area contributed by atoms with Crippen molar-refractivity contribution in [3.05, 3.63) is 0 Å². The van der Waals surface area contributed by atoms with Gasteiger partial charge in [-0.1, -0.05) is 6.92 Å². The van der Waals surface area contributed by atoms with Crippen LogP contribution in [0, 0.1) is 0 Å². The van der Waals surface area contributed by atoms with E-state index in [0.717, 1.165) is 11.3 Å². The lowest BCUT2D eigenvalue weighted by Gasteiger charge is -2.23. The van der Waals surface area contributed by atoms with E-state index in [1.165, 1.54) is 0 Å². The summed E-state index contributed by atoms with van der Waals surface area (Å²) in [5.74, 6) is 0. The number of hydrogen-bond acceptors (Lipinski definition) is 2. The largest absolute Gasteiger partial charge is 0.327 e. The van der Waals surface area contributed by atoms with Crippen molar-refractivity contribution in [2.24, 2.45) is 0 Å². The van der Waals surface area contributed by atoms with Crippen molar-refractivity contribution in [1.82, 2.24) is 9.80 Å². The van der Waals surface area contributed by atoms with E-state index >= 15 is 0 Å². The second-order valence-electron chi connectivity index (χ2n) is 2.70. The normalized spacial score (nSPS) is 9.46. The van der Waals surface area contributed by atoms with Crippen molar-refractivity contribution < 1.29 is 9.59 Å². The summed E-state index contributed by atoms with van der Waals surface area (Å²) in [6.45, 7) is 7.37. The van der Waals surface area contributed by atoms with Crippen molar-refractivity contribution in [2.45, 2.75) is 27.2 Å². The minimum Gasteiger partial charge on any atom is -0.325 e. The van der Waals surface area contributed by atoms with Crippen molar-refractivity contribution in [3.63, 3.8) is 0 Å². The summed E-state index contributed by atoms with van der Waals surface area (Å²) < 4.78 is 0. The molecule has 0 saturated carbocycles. The fourth-order valence-electron chi connectivity index (χ4n) is 1.07. The Bertz CT molecular complexity index is 167. The molecule has 3 amide bonds. The first-order chi connectivity index (χ1) is 6.21. The molecule has 0 aliphatic rings. The molecule has 0 rings (SSSR count). The highest BCUT2D eigenvalue weighted by Gasteiger charge is 2.17. The van der Waals surface area contributed by atoms with Crippen LogP contribution >= 0.6 is 0 Å². The zero-order chi connectivity index (χ0) is 10.3. The van der Waals surface area contributed by atoms with E-state index in [2.05, 4.69) is 0 Å². The number of amides is 3. The average molecular weight is 185 g/mol. The number of imide groups is 1. The third-order valence-corrected chi connectivity index (χ3v) is 1.82. The Hall–Kier alpha value is -1.06. The predicted molar refractivity (Wildman–Crippen MR) is 51.0 cm³/mol. The van der Waals surface area contributed by atoms with Crippen LogP contribution in [0.3, 0.4) is 0 Å². The van der Waals surface area contributed by atoms with Crippen LogP contribution in [0.5, 0.6) is 0 Å². The Morgan fingerprint density at radius 2 is 1.77 bits per heavy atom. The second-order valence-corrected chi connectivity index (χ2v) is 2.70. The highest BCUT2D eigenvalue weighted by Crippen LogP contribution is 1.97. The first-order valence-electron chi connectivity index (χ1n) is 4.65. The molecule has 0 aromatic carbocycles. The molecule has 0 spiro atoms. The molecule has 0 fully saturated rings. The van der Waals surface area contributed by atoms with Crippen LogP contribution in [0.1, 0.15) is 27.2 Å². The molecule has 13 heavy (non-hydrogen) atoms. The third kappa shape index (κ3) is 3.44. The first-order valence-corrected chi connectivity index (χ1v) is 4.65. The number of carbonyl (C=O) groups is 1. The highest BCUT2D eigenvalue weighted by atomic mass is 16.2. The molecule has 0 aliphatic carbocycles. The molecule has 1 radical (unpaired) electrons. The topological polar surface area (TPSA) is 40.6 Å². The Labute approximate surface area is 79.5 Å². The summed E-state index contributed by atoms with van der Waals surface area (Å²) in [6, 6.07) is -0.248. The monoisotopic (exact) mass is 185 g/mol. The van der Waals surface area contributed by atoms with Gasteiger partial charge in [-0.25, -0.2) is 4.79 Å². The van der Waals surface area contributed by atoms with Crippen LogP contribution in [0.2, 0.25) is 0 Å². The van der Waals surface area contributed by atoms with E-state index in [0.29, 0.717) is 19.6 Å². The summed E-state index contributed by atoms with van der Waals surface area (Å²) in [5, 5.41) is 0. The molecule has 0 aromatic heterocycles. The summed E-state index contributed by atoms with van der Waals surface area (Å²) in [6.07, 6.45) is 2.41. The van der Waals surface area contributed by atoms with E-state index in [4.69, 9.17) is 0 Å². The number of hydrogen-bond donors (Lipinski definition) is 0. The van der Waals surface area contributed by atoms with Gasteiger partial charge >= 0.3 is 12.4 Å². The fraction of sp³-hybridized carbons (Fsp3) is 0.778. The lowest BCUT2D eigenvalue weighted by atomic mass is 10.4. The van der Waals surface area contributed by atoms with Crippen molar-refractivity contribution in [1.29, 1.82) is 0 Å². The lowest BCUT2D eigenvalue weighted by molar-refractivity contribution is 0.178. The highest BCUT2D eigenvalue weighted by molar-refractivity contribution is 5.84. The van der Waals surface area contributed by atoms with Gasteiger partial charge in [-0.2, -0.15) is 0 Å². The zero-order valence-corrected chi connectivity index (χ0v) is 8.54.